The smallest absolute Gasteiger partial charge is 0.282 e. The summed E-state index contributed by atoms with van der Waals surface area (Å²) in [5, 5.41) is 8.22. The number of benzene rings is 1. The first kappa shape index (κ1) is 14.0. The van der Waals surface area contributed by atoms with Crippen LogP contribution in [0.4, 0.5) is 0 Å². The number of nitrogens with zero attached hydrogens (tertiary/aromatic N) is 5. The lowest BCUT2D eigenvalue weighted by Gasteiger charge is -2.04. The molecule has 0 fully saturated rings. The van der Waals surface area contributed by atoms with Crippen molar-refractivity contribution in [1.82, 2.24) is 24.9 Å². The maximum Gasteiger partial charge on any atom is 0.282 e. The van der Waals surface area contributed by atoms with Gasteiger partial charge in [0.1, 0.15) is 0 Å². The molecule has 0 saturated carbocycles. The van der Waals surface area contributed by atoms with Crippen LogP contribution in [0.3, 0.4) is 0 Å². The number of para-hydroxylation sites is 1. The zero-order valence-corrected chi connectivity index (χ0v) is 12.4. The molecule has 116 valence electrons. The van der Waals surface area contributed by atoms with Gasteiger partial charge in [-0.05, 0) is 24.3 Å². The molecule has 0 atom stereocenters. The van der Waals surface area contributed by atoms with Gasteiger partial charge in [-0.15, -0.1) is 0 Å². The minimum atomic E-state index is -0.285. The largest absolute Gasteiger partial charge is 0.332 e. The van der Waals surface area contributed by atoms with Crippen LogP contribution in [0.5, 0.6) is 0 Å². The van der Waals surface area contributed by atoms with Crippen molar-refractivity contribution in [3.05, 3.63) is 77.3 Å². The molecule has 7 nitrogen and oxygen atoms in total. The Morgan fingerprint density at radius 1 is 0.958 bits per heavy atom. The molecular formula is C17H11N5O2. The fourth-order valence-corrected chi connectivity index (χ4v) is 2.22. The zero-order chi connectivity index (χ0) is 16.4. The minimum absolute atomic E-state index is 0.0806. The molecule has 7 heteroatoms. The Kier molecular flexibility index (Phi) is 3.43. The molecule has 4 rings (SSSR count). The predicted octanol–water partition coefficient (Wildman–Crippen LogP) is 2.34. The van der Waals surface area contributed by atoms with Crippen LogP contribution in [0.15, 0.2) is 76.4 Å². The highest BCUT2D eigenvalue weighted by Gasteiger charge is 2.15. The lowest BCUT2D eigenvalue weighted by molar-refractivity contribution is 0.429. The lowest BCUT2D eigenvalue weighted by Crippen LogP contribution is -2.12. The van der Waals surface area contributed by atoms with E-state index in [9.17, 15) is 4.79 Å². The third-order valence-electron chi connectivity index (χ3n) is 3.40. The number of rotatable bonds is 3. The Morgan fingerprint density at radius 3 is 2.54 bits per heavy atom. The molecule has 0 aliphatic rings. The molecule has 3 aromatic heterocycles. The fraction of sp³-hybridized carbons (Fsp3) is 0. The molecule has 0 saturated heterocycles. The second kappa shape index (κ2) is 5.88. The molecule has 0 amide bonds. The van der Waals surface area contributed by atoms with E-state index in [-0.39, 0.29) is 17.0 Å². The molecule has 0 unspecified atom stereocenters. The number of hydrogen-bond donors (Lipinski definition) is 0. The van der Waals surface area contributed by atoms with Gasteiger partial charge in [-0.25, -0.2) is 4.68 Å². The van der Waals surface area contributed by atoms with E-state index in [2.05, 4.69) is 20.2 Å². The summed E-state index contributed by atoms with van der Waals surface area (Å²) >= 11 is 0. The van der Waals surface area contributed by atoms with Crippen LogP contribution in [-0.2, 0) is 0 Å². The van der Waals surface area contributed by atoms with Crippen molar-refractivity contribution in [3.8, 4) is 28.7 Å². The van der Waals surface area contributed by atoms with Crippen molar-refractivity contribution in [1.29, 1.82) is 0 Å². The number of pyridine rings is 1. The molecule has 4 aromatic rings. The van der Waals surface area contributed by atoms with Crippen LogP contribution < -0.4 is 5.43 Å². The fourth-order valence-electron chi connectivity index (χ4n) is 2.22. The quantitative estimate of drug-likeness (QED) is 0.576. The third kappa shape index (κ3) is 2.58. The summed E-state index contributed by atoms with van der Waals surface area (Å²) in [7, 11) is 0. The van der Waals surface area contributed by atoms with Gasteiger partial charge in [-0.1, -0.05) is 23.4 Å². The summed E-state index contributed by atoms with van der Waals surface area (Å²) in [6.45, 7) is 0. The Morgan fingerprint density at radius 2 is 1.75 bits per heavy atom. The lowest BCUT2D eigenvalue weighted by atomic mass is 10.2. The summed E-state index contributed by atoms with van der Waals surface area (Å²) in [5.74, 6) is 0.459. The Hall–Kier alpha value is -3.61. The topological polar surface area (TPSA) is 86.7 Å². The van der Waals surface area contributed by atoms with Crippen molar-refractivity contribution < 1.29 is 4.52 Å². The van der Waals surface area contributed by atoms with Crippen molar-refractivity contribution in [2.24, 2.45) is 0 Å². The molecule has 24 heavy (non-hydrogen) atoms. The van der Waals surface area contributed by atoms with Crippen molar-refractivity contribution in [2.45, 2.75) is 0 Å². The first-order valence-corrected chi connectivity index (χ1v) is 7.21. The highest BCUT2D eigenvalue weighted by molar-refractivity contribution is 5.56. The van der Waals surface area contributed by atoms with E-state index >= 15 is 0 Å². The van der Waals surface area contributed by atoms with Gasteiger partial charge >= 0.3 is 0 Å². The maximum absolute atomic E-state index is 12.1. The van der Waals surface area contributed by atoms with E-state index < -0.39 is 0 Å². The van der Waals surface area contributed by atoms with E-state index in [1.807, 2.05) is 30.3 Å². The second-order valence-electron chi connectivity index (χ2n) is 4.97. The van der Waals surface area contributed by atoms with Crippen LogP contribution in [0.25, 0.3) is 28.7 Å². The average molecular weight is 317 g/mol. The number of aromatic nitrogens is 5. The van der Waals surface area contributed by atoms with Crippen LogP contribution in [0, 0.1) is 0 Å². The molecule has 0 N–H and O–H groups in total. The third-order valence-corrected chi connectivity index (χ3v) is 3.40. The Balaban J connectivity index is 1.77. The normalized spacial score (nSPS) is 10.7. The standard InChI is InChI=1S/C17H11N5O2/c23-14-8-11-22(13-4-2-1-3-5-13)20-15(14)17-19-16(21-24-17)12-6-9-18-10-7-12/h1-11H. The predicted molar refractivity (Wildman–Crippen MR) is 86.4 cm³/mol. The van der Waals surface area contributed by atoms with Gasteiger partial charge < -0.3 is 4.52 Å². The molecule has 0 aliphatic carbocycles. The van der Waals surface area contributed by atoms with Gasteiger partial charge in [0.15, 0.2) is 5.69 Å². The summed E-state index contributed by atoms with van der Waals surface area (Å²) in [4.78, 5) is 20.3. The second-order valence-corrected chi connectivity index (χ2v) is 4.97. The number of hydrogen-bond acceptors (Lipinski definition) is 6. The highest BCUT2D eigenvalue weighted by atomic mass is 16.5. The van der Waals surface area contributed by atoms with Crippen molar-refractivity contribution >= 4 is 0 Å². The van der Waals surface area contributed by atoms with Gasteiger partial charge in [0.2, 0.25) is 11.3 Å². The zero-order valence-electron chi connectivity index (χ0n) is 12.4. The Labute approximate surface area is 136 Å². The summed E-state index contributed by atoms with van der Waals surface area (Å²) in [5.41, 5.74) is 1.40. The molecule has 0 aliphatic heterocycles. The van der Waals surface area contributed by atoms with Crippen LogP contribution in [0.2, 0.25) is 0 Å². The van der Waals surface area contributed by atoms with Gasteiger partial charge in [0, 0.05) is 30.2 Å². The molecule has 1 aromatic carbocycles. The van der Waals surface area contributed by atoms with Crippen LogP contribution in [-0.4, -0.2) is 24.9 Å². The maximum atomic E-state index is 12.1. The SMILES string of the molecule is O=c1ccn(-c2ccccc2)nc1-c1nc(-c2ccncc2)no1. The van der Waals surface area contributed by atoms with Gasteiger partial charge in [0.25, 0.3) is 5.89 Å². The van der Waals surface area contributed by atoms with Gasteiger partial charge in [-0.2, -0.15) is 10.1 Å². The first-order valence-electron chi connectivity index (χ1n) is 7.21. The minimum Gasteiger partial charge on any atom is -0.332 e. The van der Waals surface area contributed by atoms with E-state index in [4.69, 9.17) is 4.52 Å². The Bertz CT molecular complexity index is 1030. The summed E-state index contributed by atoms with van der Waals surface area (Å²) < 4.78 is 6.81. The monoisotopic (exact) mass is 317 g/mol. The summed E-state index contributed by atoms with van der Waals surface area (Å²) in [6.07, 6.45) is 4.87. The van der Waals surface area contributed by atoms with Crippen LogP contribution in [0.1, 0.15) is 0 Å². The average Bonchev–Trinajstić information content (AvgIpc) is 3.13. The van der Waals surface area contributed by atoms with Gasteiger partial charge in [0.05, 0.1) is 5.69 Å². The molecule has 3 heterocycles. The first-order chi connectivity index (χ1) is 11.8. The van der Waals surface area contributed by atoms with Crippen LogP contribution >= 0.6 is 0 Å². The molecular weight excluding hydrogens is 306 g/mol. The summed E-state index contributed by atoms with van der Waals surface area (Å²) in [6, 6.07) is 14.4. The van der Waals surface area contributed by atoms with E-state index in [1.54, 1.807) is 35.4 Å². The molecule has 0 bridgehead atoms. The van der Waals surface area contributed by atoms with Crippen molar-refractivity contribution in [2.75, 3.05) is 0 Å². The van der Waals surface area contributed by atoms with E-state index in [0.29, 0.717) is 5.82 Å². The molecule has 0 radical (unpaired) electrons. The van der Waals surface area contributed by atoms with E-state index in [0.717, 1.165) is 11.3 Å². The highest BCUT2D eigenvalue weighted by Crippen LogP contribution is 2.18. The molecule has 0 spiro atoms. The van der Waals surface area contributed by atoms with Gasteiger partial charge in [-0.3, -0.25) is 9.78 Å². The van der Waals surface area contributed by atoms with E-state index in [1.165, 1.54) is 6.07 Å². The van der Waals surface area contributed by atoms with Crippen molar-refractivity contribution in [3.63, 3.8) is 0 Å².